The fourth-order valence-corrected chi connectivity index (χ4v) is 1.77. The van der Waals surface area contributed by atoms with Crippen LogP contribution in [-0.2, 0) is 9.16 Å². The zero-order valence-corrected chi connectivity index (χ0v) is 11.6. The summed E-state index contributed by atoms with van der Waals surface area (Å²) in [7, 11) is -1.74. The molecule has 88 valence electrons. The van der Waals surface area contributed by atoms with Gasteiger partial charge in [0, 0.05) is 1.37 Å². The molecule has 0 aliphatic heterocycles. The van der Waals surface area contributed by atoms with Gasteiger partial charge in [-0.3, -0.25) is 0 Å². The Morgan fingerprint density at radius 3 is 2.47 bits per heavy atom. The molecule has 0 saturated heterocycles. The Kier molecular flexibility index (Phi) is 4.84. The van der Waals surface area contributed by atoms with E-state index in [4.69, 9.17) is 17.0 Å². The first kappa shape index (κ1) is 12.8. The van der Waals surface area contributed by atoms with Gasteiger partial charge in [0.25, 0.3) is 0 Å². The summed E-state index contributed by atoms with van der Waals surface area (Å²) in [5, 5.41) is 0.186. The van der Waals surface area contributed by atoms with Crippen LogP contribution >= 0.6 is 0 Å². The normalized spacial score (nSPS) is 15.6. The van der Waals surface area contributed by atoms with Gasteiger partial charge < -0.3 is 9.16 Å². The van der Waals surface area contributed by atoms with Crippen molar-refractivity contribution in [1.82, 2.24) is 0 Å². The van der Waals surface area contributed by atoms with E-state index in [1.807, 2.05) is 0 Å². The van der Waals surface area contributed by atoms with Gasteiger partial charge in [0.1, 0.15) is 6.61 Å². The molecule has 0 aliphatic carbocycles. The predicted octanol–water partition coefficient (Wildman–Crippen LogP) is 3.05. The molecule has 0 heterocycles. The average Bonchev–Trinajstić information content (AvgIpc) is 2.16. The molecule has 0 saturated carbocycles. The molecule has 0 unspecified atom stereocenters. The van der Waals surface area contributed by atoms with Crippen LogP contribution in [0.3, 0.4) is 0 Å². The van der Waals surface area contributed by atoms with E-state index in [0.717, 1.165) is 0 Å². The number of hydrogen-bond acceptors (Lipinski definition) is 2. The number of rotatable bonds is 5. The van der Waals surface area contributed by atoms with Crippen LogP contribution in [0.4, 0.5) is 0 Å². The molecule has 0 rings (SSSR count). The van der Waals surface area contributed by atoms with Crippen molar-refractivity contribution in [3.63, 3.8) is 0 Å². The second-order valence-electron chi connectivity index (χ2n) is 5.21. The van der Waals surface area contributed by atoms with Crippen LogP contribution in [0, 0.1) is 12.3 Å². The highest BCUT2D eigenvalue weighted by atomic mass is 28.4. The molecule has 0 aromatic rings. The third-order valence-electron chi connectivity index (χ3n) is 2.84. The maximum atomic E-state index is 7.34. The van der Waals surface area contributed by atoms with Crippen molar-refractivity contribution in [2.24, 2.45) is 0 Å². The molecule has 0 radical (unpaired) electrons. The van der Waals surface area contributed by atoms with Gasteiger partial charge in [-0.1, -0.05) is 26.7 Å². The Balaban J connectivity index is 4.16. The van der Waals surface area contributed by atoms with Crippen molar-refractivity contribution >= 4 is 8.32 Å². The van der Waals surface area contributed by atoms with Gasteiger partial charge in [0.05, 0.1) is 12.7 Å². The Bertz CT molecular complexity index is 240. The van der Waals surface area contributed by atoms with E-state index in [0.29, 0.717) is 6.61 Å². The monoisotopic (exact) mass is 229 g/mol. The zero-order valence-electron chi connectivity index (χ0n) is 11.6. The SMILES string of the molecule is [2H]C[C@H](CO[Si](C)(C)C(C)(C)C)OCC#C. The van der Waals surface area contributed by atoms with Crippen LogP contribution in [-0.4, -0.2) is 27.6 Å². The Morgan fingerprint density at radius 1 is 1.47 bits per heavy atom. The van der Waals surface area contributed by atoms with Gasteiger partial charge >= 0.3 is 0 Å². The van der Waals surface area contributed by atoms with Crippen LogP contribution in [0.25, 0.3) is 0 Å². The lowest BCUT2D eigenvalue weighted by Crippen LogP contribution is -2.42. The molecule has 0 aromatic carbocycles. The van der Waals surface area contributed by atoms with Crippen LogP contribution in [0.2, 0.25) is 18.1 Å². The van der Waals surface area contributed by atoms with E-state index in [1.54, 1.807) is 0 Å². The highest BCUT2D eigenvalue weighted by Crippen LogP contribution is 2.36. The third kappa shape index (κ3) is 5.36. The highest BCUT2D eigenvalue weighted by Gasteiger charge is 2.37. The summed E-state index contributed by atoms with van der Waals surface area (Å²) in [5.41, 5.74) is 0. The highest BCUT2D eigenvalue weighted by molar-refractivity contribution is 6.74. The van der Waals surface area contributed by atoms with E-state index < -0.39 is 8.32 Å². The summed E-state index contributed by atoms with van der Waals surface area (Å²) in [6, 6.07) is 0. The first-order valence-corrected chi connectivity index (χ1v) is 8.13. The average molecular weight is 229 g/mol. The summed E-state index contributed by atoms with van der Waals surface area (Å²) >= 11 is 0. The smallest absolute Gasteiger partial charge is 0.192 e. The fourth-order valence-electron chi connectivity index (χ4n) is 0.732. The summed E-state index contributed by atoms with van der Waals surface area (Å²) in [5.74, 6) is 2.41. The summed E-state index contributed by atoms with van der Waals surface area (Å²) in [4.78, 5) is 0. The lowest BCUT2D eigenvalue weighted by Gasteiger charge is -2.36. The van der Waals surface area contributed by atoms with Gasteiger partial charge in [0.15, 0.2) is 8.32 Å². The van der Waals surface area contributed by atoms with Crippen molar-refractivity contribution in [2.75, 3.05) is 13.2 Å². The van der Waals surface area contributed by atoms with Gasteiger partial charge in [0.2, 0.25) is 0 Å². The van der Waals surface area contributed by atoms with E-state index in [9.17, 15) is 0 Å². The van der Waals surface area contributed by atoms with Gasteiger partial charge in [-0.2, -0.15) is 0 Å². The molecule has 0 fully saturated rings. The quantitative estimate of drug-likeness (QED) is 0.533. The third-order valence-corrected chi connectivity index (χ3v) is 7.34. The van der Waals surface area contributed by atoms with Crippen LogP contribution in [0.5, 0.6) is 0 Å². The van der Waals surface area contributed by atoms with Crippen LogP contribution in [0.1, 0.15) is 29.0 Å². The molecule has 0 aliphatic rings. The Morgan fingerprint density at radius 2 is 2.07 bits per heavy atom. The molecular weight excluding hydrogens is 204 g/mol. The Hall–Kier alpha value is -0.303. The number of terminal acetylenes is 1. The molecule has 0 spiro atoms. The molecule has 3 heteroatoms. The van der Waals surface area contributed by atoms with Crippen LogP contribution in [0.15, 0.2) is 0 Å². The summed E-state index contributed by atoms with van der Waals surface area (Å²) in [6.45, 7) is 11.9. The van der Waals surface area contributed by atoms with E-state index in [1.165, 1.54) is 0 Å². The molecule has 15 heavy (non-hydrogen) atoms. The minimum atomic E-state index is -1.74. The summed E-state index contributed by atoms with van der Waals surface area (Å²) in [6.07, 6.45) is 4.91. The molecule has 0 amide bonds. The van der Waals surface area contributed by atoms with E-state index in [-0.39, 0.29) is 24.6 Å². The van der Waals surface area contributed by atoms with Crippen molar-refractivity contribution in [3.8, 4) is 12.3 Å². The standard InChI is InChI=1S/C12H24O2Si/c1-8-9-13-11(2)10-14-15(6,7)12(3,4)5/h1,11H,9-10H2,2-7H3/t11-/m1/s1/i2D. The first-order valence-electron chi connectivity index (χ1n) is 5.93. The predicted molar refractivity (Wildman–Crippen MR) is 67.4 cm³/mol. The van der Waals surface area contributed by atoms with Crippen molar-refractivity contribution < 1.29 is 10.5 Å². The minimum Gasteiger partial charge on any atom is -0.414 e. The molecule has 2 nitrogen and oxygen atoms in total. The van der Waals surface area contributed by atoms with E-state index >= 15 is 0 Å². The lowest BCUT2D eigenvalue weighted by atomic mass is 10.2. The largest absolute Gasteiger partial charge is 0.414 e. The van der Waals surface area contributed by atoms with Crippen molar-refractivity contribution in [3.05, 3.63) is 0 Å². The van der Waals surface area contributed by atoms with E-state index in [2.05, 4.69) is 39.8 Å². The second kappa shape index (κ2) is 5.69. The minimum absolute atomic E-state index is 0.186. The molecule has 1 atom stereocenters. The Labute approximate surface area is 96.9 Å². The van der Waals surface area contributed by atoms with Crippen LogP contribution < -0.4 is 0 Å². The van der Waals surface area contributed by atoms with Gasteiger partial charge in [-0.25, -0.2) is 0 Å². The molecule has 0 bridgehead atoms. The topological polar surface area (TPSA) is 18.5 Å². The number of ether oxygens (including phenoxy) is 1. The lowest BCUT2D eigenvalue weighted by molar-refractivity contribution is 0.0477. The molecular formula is C12H24O2Si. The first-order chi connectivity index (χ1) is 7.24. The summed E-state index contributed by atoms with van der Waals surface area (Å²) < 4.78 is 18.6. The fraction of sp³-hybridized carbons (Fsp3) is 0.833. The van der Waals surface area contributed by atoms with Crippen molar-refractivity contribution in [2.45, 2.75) is 51.9 Å². The molecule has 0 aromatic heterocycles. The maximum Gasteiger partial charge on any atom is 0.192 e. The maximum absolute atomic E-state index is 7.34. The molecule has 0 N–H and O–H groups in total. The zero-order chi connectivity index (χ0) is 12.8. The second-order valence-corrected chi connectivity index (χ2v) is 10.0. The van der Waals surface area contributed by atoms with Crippen molar-refractivity contribution in [1.29, 1.82) is 0 Å². The number of hydrogen-bond donors (Lipinski definition) is 0. The van der Waals surface area contributed by atoms with Gasteiger partial charge in [-0.15, -0.1) is 6.42 Å². The van der Waals surface area contributed by atoms with Gasteiger partial charge in [-0.05, 0) is 25.0 Å².